The Kier molecular flexibility index (Phi) is 5.83. The van der Waals surface area contributed by atoms with E-state index in [9.17, 15) is 4.79 Å². The molecule has 3 rings (SSSR count). The number of carbonyl (C=O) groups is 1. The van der Waals surface area contributed by atoms with Crippen LogP contribution in [0.1, 0.15) is 18.5 Å². The Morgan fingerprint density at radius 2 is 1.80 bits per heavy atom. The number of hydrogen-bond acceptors (Lipinski definition) is 5. The van der Waals surface area contributed by atoms with Crippen LogP contribution in [0.4, 0.5) is 5.95 Å². The van der Waals surface area contributed by atoms with Crippen molar-refractivity contribution in [3.8, 4) is 0 Å². The van der Waals surface area contributed by atoms with Gasteiger partial charge in [-0.2, -0.15) is 0 Å². The Morgan fingerprint density at radius 3 is 2.44 bits per heavy atom. The topological polar surface area (TPSA) is 61.4 Å². The number of benzene rings is 1. The van der Waals surface area contributed by atoms with Gasteiger partial charge in [-0.3, -0.25) is 9.69 Å². The molecule has 1 fully saturated rings. The molecule has 1 aromatic heterocycles. The molecular weight excluding hydrogens is 338 g/mol. The van der Waals surface area contributed by atoms with E-state index in [2.05, 4.69) is 25.1 Å². The Hall–Kier alpha value is -2.18. The summed E-state index contributed by atoms with van der Waals surface area (Å²) >= 11 is 5.90. The number of aromatic nitrogens is 2. The number of nitrogens with one attached hydrogen (secondary N) is 1. The number of carbonyl (C=O) groups excluding carboxylic acids is 1. The second-order valence-corrected chi connectivity index (χ2v) is 6.59. The maximum atomic E-state index is 12.3. The Labute approximate surface area is 152 Å². The van der Waals surface area contributed by atoms with Gasteiger partial charge in [0.2, 0.25) is 11.9 Å². The van der Waals surface area contributed by atoms with E-state index in [0.717, 1.165) is 37.7 Å². The molecule has 0 bridgehead atoms. The normalized spacial score (nSPS) is 16.5. The molecule has 0 saturated carbocycles. The molecule has 6 nitrogen and oxygen atoms in total. The lowest BCUT2D eigenvalue weighted by atomic mass is 10.1. The van der Waals surface area contributed by atoms with Crippen molar-refractivity contribution in [1.29, 1.82) is 0 Å². The van der Waals surface area contributed by atoms with E-state index in [4.69, 9.17) is 11.6 Å². The summed E-state index contributed by atoms with van der Waals surface area (Å²) in [5, 5.41) is 3.74. The zero-order valence-electron chi connectivity index (χ0n) is 14.2. The van der Waals surface area contributed by atoms with E-state index in [1.54, 1.807) is 12.4 Å². The van der Waals surface area contributed by atoms with Crippen molar-refractivity contribution in [2.24, 2.45) is 0 Å². The highest BCUT2D eigenvalue weighted by atomic mass is 35.5. The summed E-state index contributed by atoms with van der Waals surface area (Å²) < 4.78 is 0. The van der Waals surface area contributed by atoms with E-state index in [0.29, 0.717) is 11.6 Å². The SMILES string of the molecule is C[C@@H](NC(=O)CN1CCN(c2ncccn2)CC1)c1ccc(Cl)cc1. The first-order valence-electron chi connectivity index (χ1n) is 8.41. The molecule has 0 radical (unpaired) electrons. The van der Waals surface area contributed by atoms with Crippen LogP contribution in [0, 0.1) is 0 Å². The van der Waals surface area contributed by atoms with Crippen molar-refractivity contribution in [2.75, 3.05) is 37.6 Å². The smallest absolute Gasteiger partial charge is 0.234 e. The fraction of sp³-hybridized carbons (Fsp3) is 0.389. The average molecular weight is 360 g/mol. The van der Waals surface area contributed by atoms with Gasteiger partial charge in [0.1, 0.15) is 0 Å². The van der Waals surface area contributed by atoms with E-state index >= 15 is 0 Å². The number of hydrogen-bond donors (Lipinski definition) is 1. The van der Waals surface area contributed by atoms with Gasteiger partial charge in [-0.1, -0.05) is 23.7 Å². The molecule has 0 aliphatic carbocycles. The Bertz CT molecular complexity index is 686. The zero-order valence-corrected chi connectivity index (χ0v) is 15.0. The van der Waals surface area contributed by atoms with Crippen LogP contribution in [-0.2, 0) is 4.79 Å². The van der Waals surface area contributed by atoms with Gasteiger partial charge < -0.3 is 10.2 Å². The van der Waals surface area contributed by atoms with Crippen LogP contribution in [0.2, 0.25) is 5.02 Å². The van der Waals surface area contributed by atoms with Crippen LogP contribution in [0.15, 0.2) is 42.7 Å². The van der Waals surface area contributed by atoms with Crippen LogP contribution < -0.4 is 10.2 Å². The first-order chi connectivity index (χ1) is 12.1. The van der Waals surface area contributed by atoms with Crippen molar-refractivity contribution >= 4 is 23.5 Å². The van der Waals surface area contributed by atoms with Crippen LogP contribution in [0.25, 0.3) is 0 Å². The highest BCUT2D eigenvalue weighted by Gasteiger charge is 2.21. The van der Waals surface area contributed by atoms with Gasteiger partial charge in [0, 0.05) is 43.6 Å². The molecule has 1 aliphatic rings. The second kappa shape index (κ2) is 8.27. The first-order valence-corrected chi connectivity index (χ1v) is 8.79. The summed E-state index contributed by atoms with van der Waals surface area (Å²) in [7, 11) is 0. The maximum absolute atomic E-state index is 12.3. The lowest BCUT2D eigenvalue weighted by Gasteiger charge is -2.34. The molecule has 1 aromatic carbocycles. The molecule has 132 valence electrons. The van der Waals surface area contributed by atoms with Crippen LogP contribution >= 0.6 is 11.6 Å². The van der Waals surface area contributed by atoms with Crippen molar-refractivity contribution in [3.63, 3.8) is 0 Å². The van der Waals surface area contributed by atoms with Gasteiger partial charge in [-0.25, -0.2) is 9.97 Å². The molecule has 2 aromatic rings. The van der Waals surface area contributed by atoms with E-state index < -0.39 is 0 Å². The highest BCUT2D eigenvalue weighted by molar-refractivity contribution is 6.30. The highest BCUT2D eigenvalue weighted by Crippen LogP contribution is 2.16. The minimum absolute atomic E-state index is 0.0341. The summed E-state index contributed by atoms with van der Waals surface area (Å²) in [5.41, 5.74) is 1.05. The fourth-order valence-corrected chi connectivity index (χ4v) is 3.01. The monoisotopic (exact) mass is 359 g/mol. The number of piperazine rings is 1. The second-order valence-electron chi connectivity index (χ2n) is 6.15. The fourth-order valence-electron chi connectivity index (χ4n) is 2.89. The predicted molar refractivity (Wildman–Crippen MR) is 98.7 cm³/mol. The number of halogens is 1. The molecule has 1 aliphatic heterocycles. The standard InChI is InChI=1S/C18H22ClN5O/c1-14(15-3-5-16(19)6-4-15)22-17(25)13-23-9-11-24(12-10-23)18-20-7-2-8-21-18/h2-8,14H,9-13H2,1H3,(H,22,25)/t14-/m1/s1. The van der Waals surface area contributed by atoms with E-state index in [1.165, 1.54) is 0 Å². The lowest BCUT2D eigenvalue weighted by molar-refractivity contribution is -0.123. The third-order valence-corrected chi connectivity index (χ3v) is 4.57. The number of anilines is 1. The van der Waals surface area contributed by atoms with Crippen molar-refractivity contribution in [3.05, 3.63) is 53.3 Å². The van der Waals surface area contributed by atoms with Crippen LogP contribution in [0.3, 0.4) is 0 Å². The number of amides is 1. The third-order valence-electron chi connectivity index (χ3n) is 4.32. The zero-order chi connectivity index (χ0) is 17.6. The maximum Gasteiger partial charge on any atom is 0.234 e. The summed E-state index contributed by atoms with van der Waals surface area (Å²) in [6.07, 6.45) is 3.50. The van der Waals surface area contributed by atoms with Gasteiger partial charge in [-0.15, -0.1) is 0 Å². The molecular formula is C18H22ClN5O. The van der Waals surface area contributed by atoms with Crippen LogP contribution in [-0.4, -0.2) is 53.5 Å². The summed E-state index contributed by atoms with van der Waals surface area (Å²) in [4.78, 5) is 25.1. The van der Waals surface area contributed by atoms with Gasteiger partial charge in [-0.05, 0) is 30.7 Å². The first kappa shape index (κ1) is 17.6. The summed E-state index contributed by atoms with van der Waals surface area (Å²) in [6.45, 7) is 5.67. The average Bonchev–Trinajstić information content (AvgIpc) is 2.63. The van der Waals surface area contributed by atoms with Gasteiger partial charge >= 0.3 is 0 Å². The molecule has 0 unspecified atom stereocenters. The quantitative estimate of drug-likeness (QED) is 0.886. The Morgan fingerprint density at radius 1 is 1.16 bits per heavy atom. The molecule has 25 heavy (non-hydrogen) atoms. The molecule has 1 amide bonds. The van der Waals surface area contributed by atoms with Crippen molar-refractivity contribution in [2.45, 2.75) is 13.0 Å². The molecule has 0 spiro atoms. The molecule has 7 heteroatoms. The number of nitrogens with zero attached hydrogens (tertiary/aromatic N) is 4. The lowest BCUT2D eigenvalue weighted by Crippen LogP contribution is -2.50. The van der Waals surface area contributed by atoms with Crippen molar-refractivity contribution in [1.82, 2.24) is 20.2 Å². The number of rotatable bonds is 5. The van der Waals surface area contributed by atoms with Crippen molar-refractivity contribution < 1.29 is 4.79 Å². The molecule has 1 atom stereocenters. The minimum atomic E-state index is -0.0382. The molecule has 1 N–H and O–H groups in total. The molecule has 1 saturated heterocycles. The van der Waals surface area contributed by atoms with E-state index in [1.807, 2.05) is 37.3 Å². The summed E-state index contributed by atoms with van der Waals surface area (Å²) in [5.74, 6) is 0.787. The molecule has 2 heterocycles. The van der Waals surface area contributed by atoms with Gasteiger partial charge in [0.25, 0.3) is 0 Å². The van der Waals surface area contributed by atoms with Gasteiger partial charge in [0.05, 0.1) is 12.6 Å². The van der Waals surface area contributed by atoms with E-state index in [-0.39, 0.29) is 11.9 Å². The van der Waals surface area contributed by atoms with Gasteiger partial charge in [0.15, 0.2) is 0 Å². The Balaban J connectivity index is 1.45. The predicted octanol–water partition coefficient (Wildman–Crippen LogP) is 2.13. The minimum Gasteiger partial charge on any atom is -0.348 e. The summed E-state index contributed by atoms with van der Waals surface area (Å²) in [6, 6.07) is 9.32. The van der Waals surface area contributed by atoms with Crippen LogP contribution in [0.5, 0.6) is 0 Å². The third kappa shape index (κ3) is 4.90. The largest absolute Gasteiger partial charge is 0.348 e.